The van der Waals surface area contributed by atoms with Crippen LogP contribution in [0.4, 0.5) is 5.69 Å². The lowest BCUT2D eigenvalue weighted by Crippen LogP contribution is -2.48. The van der Waals surface area contributed by atoms with Crippen molar-refractivity contribution in [1.29, 1.82) is 0 Å². The quantitative estimate of drug-likeness (QED) is 0.578. The van der Waals surface area contributed by atoms with Gasteiger partial charge in [0.2, 0.25) is 10.0 Å². The van der Waals surface area contributed by atoms with E-state index in [1.54, 1.807) is 34.9 Å². The van der Waals surface area contributed by atoms with Gasteiger partial charge in [-0.2, -0.15) is 13.9 Å². The number of piperazine rings is 1. The van der Waals surface area contributed by atoms with Crippen molar-refractivity contribution in [3.05, 3.63) is 48.8 Å². The molecule has 0 aliphatic carbocycles. The highest BCUT2D eigenvalue weighted by atomic mass is 32.2. The molecule has 0 atom stereocenters. The number of rotatable bonds is 5. The van der Waals surface area contributed by atoms with Gasteiger partial charge < -0.3 is 14.2 Å². The van der Waals surface area contributed by atoms with Crippen LogP contribution >= 0.6 is 0 Å². The smallest absolute Gasteiger partial charge is 0.373 e. The summed E-state index contributed by atoms with van der Waals surface area (Å²) in [6.45, 7) is 6.09. The average Bonchev–Trinajstić information content (AvgIpc) is 3.14. The first-order chi connectivity index (χ1) is 15.3. The number of aromatic nitrogens is 2. The highest BCUT2D eigenvalue weighted by molar-refractivity contribution is 7.89. The van der Waals surface area contributed by atoms with E-state index in [-0.39, 0.29) is 12.3 Å². The van der Waals surface area contributed by atoms with Crippen LogP contribution in [0.2, 0.25) is 0 Å². The summed E-state index contributed by atoms with van der Waals surface area (Å²) in [5, 5.41) is 0. The fourth-order valence-electron chi connectivity index (χ4n) is 3.61. The monoisotopic (exact) mass is 458 g/mol. The minimum absolute atomic E-state index is 0.0519. The summed E-state index contributed by atoms with van der Waals surface area (Å²) >= 11 is 0. The van der Waals surface area contributed by atoms with Gasteiger partial charge in [-0.1, -0.05) is 0 Å². The molecule has 32 heavy (non-hydrogen) atoms. The molecule has 0 N–H and O–H groups in total. The standard InChI is InChI=1S/C21H26N4O3S.CO2/c1-16(2)28-18-5-7-19(8-6-18)29(26,27)25-12-10-24(11-13-25)17-4-9-20-21(14-17)23(3)15-22-20;2-1-3/h4-9,14-16H,10-13H2,1-3H3;. The molecule has 170 valence electrons. The number of ether oxygens (including phenoxy) is 1. The van der Waals surface area contributed by atoms with E-state index in [4.69, 9.17) is 14.3 Å². The lowest BCUT2D eigenvalue weighted by atomic mass is 10.2. The van der Waals surface area contributed by atoms with Crippen LogP contribution in [-0.4, -0.2) is 60.7 Å². The predicted molar refractivity (Wildman–Crippen MR) is 119 cm³/mol. The average molecular weight is 459 g/mol. The summed E-state index contributed by atoms with van der Waals surface area (Å²) in [7, 11) is -1.53. The van der Waals surface area contributed by atoms with E-state index in [0.29, 0.717) is 36.8 Å². The Morgan fingerprint density at radius 3 is 2.22 bits per heavy atom. The van der Waals surface area contributed by atoms with Gasteiger partial charge in [0.05, 0.1) is 28.4 Å². The highest BCUT2D eigenvalue weighted by Gasteiger charge is 2.28. The molecule has 1 fully saturated rings. The number of imidazole rings is 1. The van der Waals surface area contributed by atoms with Crippen molar-refractivity contribution in [1.82, 2.24) is 13.9 Å². The Morgan fingerprint density at radius 1 is 1.00 bits per heavy atom. The molecule has 4 rings (SSSR count). The minimum atomic E-state index is -3.51. The lowest BCUT2D eigenvalue weighted by molar-refractivity contribution is -0.191. The van der Waals surface area contributed by atoms with Crippen LogP contribution in [0.1, 0.15) is 13.8 Å². The SMILES string of the molecule is CC(C)Oc1ccc(S(=O)(=O)N2CCN(c3ccc4ncn(C)c4c3)CC2)cc1.O=C=O. The molecule has 2 aromatic carbocycles. The molecule has 1 saturated heterocycles. The zero-order valence-electron chi connectivity index (χ0n) is 18.3. The summed E-state index contributed by atoms with van der Waals surface area (Å²) in [6.07, 6.45) is 2.10. The van der Waals surface area contributed by atoms with E-state index in [1.165, 1.54) is 0 Å². The van der Waals surface area contributed by atoms with Crippen molar-refractivity contribution in [2.24, 2.45) is 7.05 Å². The van der Waals surface area contributed by atoms with Crippen LogP contribution < -0.4 is 9.64 Å². The van der Waals surface area contributed by atoms with Crippen molar-refractivity contribution >= 4 is 32.9 Å². The first-order valence-electron chi connectivity index (χ1n) is 10.2. The number of carbonyl (C=O) groups excluding carboxylic acids is 2. The Labute approximate surface area is 187 Å². The van der Waals surface area contributed by atoms with Gasteiger partial charge >= 0.3 is 6.15 Å². The minimum Gasteiger partial charge on any atom is -0.491 e. The number of anilines is 1. The summed E-state index contributed by atoms with van der Waals surface area (Å²) in [5.74, 6) is 0.675. The van der Waals surface area contributed by atoms with Crippen LogP contribution in [0, 0.1) is 0 Å². The molecule has 1 aliphatic heterocycles. The van der Waals surface area contributed by atoms with Gasteiger partial charge in [0.1, 0.15) is 5.75 Å². The van der Waals surface area contributed by atoms with Gasteiger partial charge in [-0.25, -0.2) is 13.4 Å². The maximum Gasteiger partial charge on any atom is 0.373 e. The number of sulfonamides is 1. The Kier molecular flexibility index (Phi) is 7.29. The summed E-state index contributed by atoms with van der Waals surface area (Å²) in [4.78, 5) is 23.1. The molecule has 1 aromatic heterocycles. The van der Waals surface area contributed by atoms with Crippen molar-refractivity contribution in [2.75, 3.05) is 31.1 Å². The van der Waals surface area contributed by atoms with Crippen LogP contribution in [0.5, 0.6) is 5.75 Å². The van der Waals surface area contributed by atoms with E-state index >= 15 is 0 Å². The number of fused-ring (bicyclic) bond motifs is 1. The molecule has 10 heteroatoms. The van der Waals surface area contributed by atoms with Gasteiger partial charge in [-0.05, 0) is 56.3 Å². The van der Waals surface area contributed by atoms with Crippen LogP contribution in [-0.2, 0) is 26.7 Å². The summed E-state index contributed by atoms with van der Waals surface area (Å²) in [6, 6.07) is 12.8. The second-order valence-electron chi connectivity index (χ2n) is 7.64. The number of hydrogen-bond acceptors (Lipinski definition) is 7. The van der Waals surface area contributed by atoms with E-state index < -0.39 is 10.0 Å². The normalized spacial score (nSPS) is 14.7. The Balaban J connectivity index is 0.000000913. The number of hydrogen-bond donors (Lipinski definition) is 0. The zero-order chi connectivity index (χ0) is 23.3. The van der Waals surface area contributed by atoms with Crippen molar-refractivity contribution in [3.63, 3.8) is 0 Å². The van der Waals surface area contributed by atoms with E-state index in [9.17, 15) is 8.42 Å². The molecule has 1 aliphatic rings. The number of benzene rings is 2. The maximum absolute atomic E-state index is 13.0. The van der Waals surface area contributed by atoms with Crippen LogP contribution in [0.25, 0.3) is 11.0 Å². The molecule has 0 amide bonds. The zero-order valence-corrected chi connectivity index (χ0v) is 19.1. The Morgan fingerprint density at radius 2 is 1.62 bits per heavy atom. The van der Waals surface area contributed by atoms with Gasteiger partial charge in [0, 0.05) is 38.9 Å². The molecule has 0 saturated carbocycles. The van der Waals surface area contributed by atoms with Gasteiger partial charge in [-0.3, -0.25) is 0 Å². The number of aryl methyl sites for hydroxylation is 1. The van der Waals surface area contributed by atoms with Crippen molar-refractivity contribution in [3.8, 4) is 5.75 Å². The van der Waals surface area contributed by atoms with Gasteiger partial charge in [0.15, 0.2) is 0 Å². The maximum atomic E-state index is 13.0. The first-order valence-corrected chi connectivity index (χ1v) is 11.6. The third-order valence-electron chi connectivity index (χ3n) is 5.15. The second-order valence-corrected chi connectivity index (χ2v) is 9.58. The van der Waals surface area contributed by atoms with Gasteiger partial charge in [0.25, 0.3) is 0 Å². The van der Waals surface area contributed by atoms with Crippen LogP contribution in [0.15, 0.2) is 53.7 Å². The summed E-state index contributed by atoms with van der Waals surface area (Å²) < 4.78 is 35.2. The fourth-order valence-corrected chi connectivity index (χ4v) is 5.03. The molecule has 0 spiro atoms. The molecule has 9 nitrogen and oxygen atoms in total. The molecule has 0 unspecified atom stereocenters. The predicted octanol–water partition coefficient (Wildman–Crippen LogP) is 2.29. The van der Waals surface area contributed by atoms with E-state index in [2.05, 4.69) is 16.0 Å². The number of nitrogens with zero attached hydrogens (tertiary/aromatic N) is 4. The molecular formula is C22H26N4O5S. The Bertz CT molecular complexity index is 1190. The Hall–Kier alpha value is -3.20. The van der Waals surface area contributed by atoms with Crippen LogP contribution in [0.3, 0.4) is 0 Å². The first kappa shape index (κ1) is 23.5. The summed E-state index contributed by atoms with van der Waals surface area (Å²) in [5.41, 5.74) is 3.12. The lowest BCUT2D eigenvalue weighted by Gasteiger charge is -2.35. The van der Waals surface area contributed by atoms with E-state index in [0.717, 1.165) is 16.7 Å². The van der Waals surface area contributed by atoms with Crippen molar-refractivity contribution in [2.45, 2.75) is 24.8 Å². The molecule has 0 radical (unpaired) electrons. The van der Waals surface area contributed by atoms with Gasteiger partial charge in [-0.15, -0.1) is 0 Å². The third-order valence-corrected chi connectivity index (χ3v) is 7.06. The molecule has 0 bridgehead atoms. The third kappa shape index (κ3) is 5.16. The largest absolute Gasteiger partial charge is 0.491 e. The second kappa shape index (κ2) is 9.95. The fraction of sp³-hybridized carbons (Fsp3) is 0.364. The molecule has 2 heterocycles. The highest BCUT2D eigenvalue weighted by Crippen LogP contribution is 2.25. The topological polar surface area (TPSA) is 102 Å². The van der Waals surface area contributed by atoms with E-state index in [1.807, 2.05) is 37.6 Å². The molecule has 3 aromatic rings. The molecular weight excluding hydrogens is 432 g/mol. The van der Waals surface area contributed by atoms with Crippen molar-refractivity contribution < 1.29 is 22.7 Å².